The van der Waals surface area contributed by atoms with Crippen LogP contribution in [0.1, 0.15) is 57.4 Å². The summed E-state index contributed by atoms with van der Waals surface area (Å²) in [4.78, 5) is 11.4. The number of halogens is 3. The summed E-state index contributed by atoms with van der Waals surface area (Å²) < 4.78 is 68.7. The van der Waals surface area contributed by atoms with Gasteiger partial charge in [-0.3, -0.25) is 0 Å². The predicted molar refractivity (Wildman–Crippen MR) is 132 cm³/mol. The van der Waals surface area contributed by atoms with Gasteiger partial charge >= 0.3 is 6.18 Å². The quantitative estimate of drug-likeness (QED) is 0.423. The van der Waals surface area contributed by atoms with Gasteiger partial charge in [0.05, 0.1) is 12.2 Å². The fourth-order valence-electron chi connectivity index (χ4n) is 5.61. The van der Waals surface area contributed by atoms with Gasteiger partial charge in [-0.1, -0.05) is 13.3 Å². The summed E-state index contributed by atoms with van der Waals surface area (Å²) in [6.45, 7) is 6.05. The topological polar surface area (TPSA) is 75.6 Å². The lowest BCUT2D eigenvalue weighted by Gasteiger charge is -2.32. The Hall–Kier alpha value is -1.46. The molecule has 0 radical (unpaired) electrons. The van der Waals surface area contributed by atoms with Gasteiger partial charge in [-0.25, -0.2) is 22.7 Å². The van der Waals surface area contributed by atoms with Crippen molar-refractivity contribution in [1.29, 1.82) is 0 Å². The zero-order valence-corrected chi connectivity index (χ0v) is 21.9. The summed E-state index contributed by atoms with van der Waals surface area (Å²) in [6.07, 6.45) is 5.06. The summed E-state index contributed by atoms with van der Waals surface area (Å²) in [6, 6.07) is 0. The van der Waals surface area contributed by atoms with Crippen molar-refractivity contribution in [2.24, 2.45) is 23.7 Å². The molecule has 4 rings (SSSR count). The van der Waals surface area contributed by atoms with Gasteiger partial charge in [0, 0.05) is 51.8 Å². The Kier molecular flexibility index (Phi) is 9.14. The first-order chi connectivity index (χ1) is 17.1. The molecular weight excluding hydrogens is 493 g/mol. The molecule has 7 nitrogen and oxygen atoms in total. The number of anilines is 1. The van der Waals surface area contributed by atoms with Crippen LogP contribution in [0.25, 0.3) is 0 Å². The number of sulfonamides is 1. The van der Waals surface area contributed by atoms with Crippen LogP contribution in [0.4, 0.5) is 19.1 Å². The third kappa shape index (κ3) is 7.77. The minimum atomic E-state index is -4.45. The molecule has 11 heteroatoms. The zero-order chi connectivity index (χ0) is 25.8. The second kappa shape index (κ2) is 11.9. The minimum absolute atomic E-state index is 0.267. The summed E-state index contributed by atoms with van der Waals surface area (Å²) in [5.74, 6) is 2.29. The first-order valence-electron chi connectivity index (χ1n) is 13.3. The summed E-state index contributed by atoms with van der Waals surface area (Å²) in [7, 11) is -3.85. The number of aryl methyl sites for hydroxylation is 1. The van der Waals surface area contributed by atoms with E-state index < -0.39 is 28.4 Å². The summed E-state index contributed by atoms with van der Waals surface area (Å²) >= 11 is 0. The SMILES string of the molecule is CCCc1cnc(N2CCC([C@H]3CC3COCC3CCN(S(=O)(=O)CCC(F)(F)F)CC3)CC2)nc1. The van der Waals surface area contributed by atoms with E-state index >= 15 is 0 Å². The first-order valence-corrected chi connectivity index (χ1v) is 14.9. The third-order valence-corrected chi connectivity index (χ3v) is 9.80. The summed E-state index contributed by atoms with van der Waals surface area (Å²) in [5, 5.41) is 0. The lowest BCUT2D eigenvalue weighted by atomic mass is 9.91. The number of ether oxygens (including phenoxy) is 1. The van der Waals surface area contributed by atoms with E-state index in [0.29, 0.717) is 25.4 Å². The maximum Gasteiger partial charge on any atom is 0.390 e. The molecule has 36 heavy (non-hydrogen) atoms. The predicted octanol–water partition coefficient (Wildman–Crippen LogP) is 4.29. The van der Waals surface area contributed by atoms with Gasteiger partial charge in [-0.15, -0.1) is 0 Å². The molecule has 3 aliphatic rings. The maximum atomic E-state index is 12.4. The van der Waals surface area contributed by atoms with Crippen molar-refractivity contribution in [3.8, 4) is 0 Å². The van der Waals surface area contributed by atoms with Crippen LogP contribution in [0.5, 0.6) is 0 Å². The fourth-order valence-corrected chi connectivity index (χ4v) is 7.13. The molecule has 2 saturated heterocycles. The Balaban J connectivity index is 1.09. The largest absolute Gasteiger partial charge is 0.390 e. The Bertz CT molecular complexity index is 929. The molecule has 3 heterocycles. The maximum absolute atomic E-state index is 12.4. The van der Waals surface area contributed by atoms with Crippen LogP contribution in [-0.2, 0) is 21.2 Å². The molecule has 0 aromatic carbocycles. The van der Waals surface area contributed by atoms with E-state index in [-0.39, 0.29) is 19.0 Å². The molecule has 3 fully saturated rings. The Morgan fingerprint density at radius 1 is 1.03 bits per heavy atom. The van der Waals surface area contributed by atoms with Crippen LogP contribution in [-0.4, -0.2) is 74.0 Å². The molecule has 2 aliphatic heterocycles. The van der Waals surface area contributed by atoms with Crippen molar-refractivity contribution in [2.75, 3.05) is 50.0 Å². The van der Waals surface area contributed by atoms with Crippen molar-refractivity contribution in [1.82, 2.24) is 14.3 Å². The normalized spacial score (nSPS) is 24.8. The Labute approximate surface area is 212 Å². The van der Waals surface area contributed by atoms with E-state index in [2.05, 4.69) is 21.8 Å². The average molecular weight is 533 g/mol. The van der Waals surface area contributed by atoms with Gasteiger partial charge < -0.3 is 9.64 Å². The standard InChI is InChI=1S/C25H39F3N4O3S/c1-2-3-20-15-29-24(30-16-20)31-9-6-21(7-10-31)23-14-22(23)18-35-17-19-4-11-32(12-5-19)36(33,34)13-8-25(26,27)28/h15-16,19,21-23H,2-14,17-18H2,1H3/t22?,23-/m1/s1. The zero-order valence-electron chi connectivity index (χ0n) is 21.1. The second-order valence-corrected chi connectivity index (χ2v) is 12.8. The van der Waals surface area contributed by atoms with Crippen molar-refractivity contribution >= 4 is 16.0 Å². The van der Waals surface area contributed by atoms with E-state index in [4.69, 9.17) is 4.74 Å². The van der Waals surface area contributed by atoms with Gasteiger partial charge in [-0.05, 0) is 67.8 Å². The number of alkyl halides is 3. The van der Waals surface area contributed by atoms with Crippen molar-refractivity contribution in [2.45, 2.75) is 64.5 Å². The van der Waals surface area contributed by atoms with Crippen molar-refractivity contribution in [3.05, 3.63) is 18.0 Å². The molecular formula is C25H39F3N4O3S. The highest BCUT2D eigenvalue weighted by Crippen LogP contribution is 2.48. The lowest BCUT2D eigenvalue weighted by molar-refractivity contribution is -0.130. The second-order valence-electron chi connectivity index (χ2n) is 10.7. The molecule has 1 saturated carbocycles. The van der Waals surface area contributed by atoms with Crippen LogP contribution >= 0.6 is 0 Å². The van der Waals surface area contributed by atoms with Gasteiger partial charge in [0.15, 0.2) is 0 Å². The third-order valence-electron chi connectivity index (χ3n) is 7.93. The monoisotopic (exact) mass is 532 g/mol. The van der Waals surface area contributed by atoms with Crippen LogP contribution in [0, 0.1) is 23.7 Å². The minimum Gasteiger partial charge on any atom is -0.381 e. The average Bonchev–Trinajstić information content (AvgIpc) is 3.63. The molecule has 1 aliphatic carbocycles. The molecule has 0 spiro atoms. The van der Waals surface area contributed by atoms with Gasteiger partial charge in [0.25, 0.3) is 0 Å². The van der Waals surface area contributed by atoms with Crippen molar-refractivity contribution in [3.63, 3.8) is 0 Å². The molecule has 204 valence electrons. The lowest BCUT2D eigenvalue weighted by Crippen LogP contribution is -2.41. The van der Waals surface area contributed by atoms with E-state index in [1.807, 2.05) is 12.4 Å². The number of aromatic nitrogens is 2. The molecule has 1 unspecified atom stereocenters. The van der Waals surface area contributed by atoms with Crippen molar-refractivity contribution < 1.29 is 26.3 Å². The number of hydrogen-bond donors (Lipinski definition) is 0. The number of piperidine rings is 2. The first kappa shape index (κ1) is 27.6. The number of hydrogen-bond acceptors (Lipinski definition) is 6. The number of nitrogens with zero attached hydrogens (tertiary/aromatic N) is 4. The molecule has 0 amide bonds. The van der Waals surface area contributed by atoms with Crippen LogP contribution in [0.15, 0.2) is 12.4 Å². The fraction of sp³-hybridized carbons (Fsp3) is 0.840. The van der Waals surface area contributed by atoms with Crippen LogP contribution in [0.3, 0.4) is 0 Å². The molecule has 2 atom stereocenters. The molecule has 1 aromatic heterocycles. The highest BCUT2D eigenvalue weighted by Gasteiger charge is 2.44. The molecule has 0 N–H and O–H groups in total. The molecule has 1 aromatic rings. The van der Waals surface area contributed by atoms with Gasteiger partial charge in [-0.2, -0.15) is 13.2 Å². The highest BCUT2D eigenvalue weighted by atomic mass is 32.2. The van der Waals surface area contributed by atoms with E-state index in [1.54, 1.807) is 0 Å². The molecule has 0 bridgehead atoms. The smallest absolute Gasteiger partial charge is 0.381 e. The van der Waals surface area contributed by atoms with E-state index in [1.165, 1.54) is 16.3 Å². The van der Waals surface area contributed by atoms with E-state index in [9.17, 15) is 21.6 Å². The highest BCUT2D eigenvalue weighted by molar-refractivity contribution is 7.89. The van der Waals surface area contributed by atoms with Crippen LogP contribution < -0.4 is 4.90 Å². The van der Waals surface area contributed by atoms with Gasteiger partial charge in [0.1, 0.15) is 0 Å². The summed E-state index contributed by atoms with van der Waals surface area (Å²) in [5.41, 5.74) is 1.19. The Morgan fingerprint density at radius 3 is 2.31 bits per heavy atom. The van der Waals surface area contributed by atoms with Gasteiger partial charge in [0.2, 0.25) is 16.0 Å². The van der Waals surface area contributed by atoms with Crippen LogP contribution in [0.2, 0.25) is 0 Å². The van der Waals surface area contributed by atoms with E-state index in [0.717, 1.165) is 63.2 Å². The number of rotatable bonds is 11. The Morgan fingerprint density at radius 2 is 1.69 bits per heavy atom.